The molecular formula is C17H22N4O3. The Bertz CT molecular complexity index is 660. The fraction of sp³-hybridized carbons (Fsp3) is 0.412. The van der Waals surface area contributed by atoms with Crippen LogP contribution in [0.2, 0.25) is 0 Å². The normalized spacial score (nSPS) is 15.8. The monoisotopic (exact) mass is 330 g/mol. The highest BCUT2D eigenvalue weighted by Crippen LogP contribution is 2.30. The first kappa shape index (κ1) is 16.2. The Labute approximate surface area is 141 Å². The van der Waals surface area contributed by atoms with Crippen LogP contribution in [0.1, 0.15) is 6.42 Å². The minimum Gasteiger partial charge on any atom is -0.486 e. The van der Waals surface area contributed by atoms with E-state index >= 15 is 0 Å². The number of rotatable bonds is 6. The van der Waals surface area contributed by atoms with Gasteiger partial charge < -0.3 is 19.7 Å². The van der Waals surface area contributed by atoms with Gasteiger partial charge in [-0.2, -0.15) is 5.10 Å². The lowest BCUT2D eigenvalue weighted by Crippen LogP contribution is -2.45. The Kier molecular flexibility index (Phi) is 5.20. The molecule has 128 valence electrons. The highest BCUT2D eigenvalue weighted by Gasteiger charge is 2.23. The summed E-state index contributed by atoms with van der Waals surface area (Å²) in [5.74, 6) is 1.47. The fourth-order valence-electron chi connectivity index (χ4n) is 2.55. The second kappa shape index (κ2) is 7.72. The van der Waals surface area contributed by atoms with Gasteiger partial charge in [-0.15, -0.1) is 0 Å². The van der Waals surface area contributed by atoms with Crippen molar-refractivity contribution in [2.24, 2.45) is 0 Å². The van der Waals surface area contributed by atoms with Gasteiger partial charge in [0.25, 0.3) is 0 Å². The second-order valence-electron chi connectivity index (χ2n) is 5.73. The molecule has 2 amide bonds. The average molecular weight is 330 g/mol. The first-order valence-corrected chi connectivity index (χ1v) is 8.07. The van der Waals surface area contributed by atoms with Crippen molar-refractivity contribution < 1.29 is 14.3 Å². The molecule has 7 heteroatoms. The van der Waals surface area contributed by atoms with Gasteiger partial charge in [-0.25, -0.2) is 4.79 Å². The maximum Gasteiger partial charge on any atom is 0.317 e. The van der Waals surface area contributed by atoms with Crippen LogP contribution in [0, 0.1) is 0 Å². The molecule has 1 aliphatic heterocycles. The number of benzene rings is 1. The molecule has 1 N–H and O–H groups in total. The van der Waals surface area contributed by atoms with Crippen LogP contribution in [-0.2, 0) is 6.54 Å². The molecule has 0 aliphatic carbocycles. The van der Waals surface area contributed by atoms with E-state index in [2.05, 4.69) is 10.4 Å². The third-order valence-electron chi connectivity index (χ3n) is 3.79. The number of hydrogen-bond acceptors (Lipinski definition) is 4. The summed E-state index contributed by atoms with van der Waals surface area (Å²) < 4.78 is 13.4. The molecule has 3 rings (SSSR count). The highest BCUT2D eigenvalue weighted by atomic mass is 16.6. The maximum atomic E-state index is 12.1. The van der Waals surface area contributed by atoms with E-state index < -0.39 is 0 Å². The molecule has 2 aromatic rings. The highest BCUT2D eigenvalue weighted by molar-refractivity contribution is 5.73. The van der Waals surface area contributed by atoms with E-state index in [0.29, 0.717) is 19.7 Å². The predicted molar refractivity (Wildman–Crippen MR) is 89.2 cm³/mol. The SMILES string of the molecule is CN(C[C@H]1COc2ccccc2O1)C(=O)NCCCn1cccn1. The maximum absolute atomic E-state index is 12.1. The van der Waals surface area contributed by atoms with E-state index in [1.54, 1.807) is 18.1 Å². The third kappa shape index (κ3) is 4.18. The summed E-state index contributed by atoms with van der Waals surface area (Å²) >= 11 is 0. The van der Waals surface area contributed by atoms with Gasteiger partial charge in [0, 0.05) is 32.5 Å². The molecule has 1 aliphatic rings. The molecule has 1 atom stereocenters. The van der Waals surface area contributed by atoms with Gasteiger partial charge in [-0.3, -0.25) is 4.68 Å². The number of nitrogens with zero attached hydrogens (tertiary/aromatic N) is 3. The number of urea groups is 1. The zero-order valence-corrected chi connectivity index (χ0v) is 13.7. The lowest BCUT2D eigenvalue weighted by Gasteiger charge is -2.29. The summed E-state index contributed by atoms with van der Waals surface area (Å²) in [6, 6.07) is 9.33. The molecule has 0 saturated carbocycles. The van der Waals surface area contributed by atoms with Crippen molar-refractivity contribution in [1.29, 1.82) is 0 Å². The number of ether oxygens (including phenoxy) is 2. The summed E-state index contributed by atoms with van der Waals surface area (Å²) in [6.07, 6.45) is 4.32. The van der Waals surface area contributed by atoms with Gasteiger partial charge in [0.05, 0.1) is 6.54 Å². The number of likely N-dealkylation sites (N-methyl/N-ethyl adjacent to an activating group) is 1. The van der Waals surface area contributed by atoms with Crippen LogP contribution in [0.3, 0.4) is 0 Å². The predicted octanol–water partition coefficient (Wildman–Crippen LogP) is 1.75. The van der Waals surface area contributed by atoms with Crippen molar-refractivity contribution in [3.05, 3.63) is 42.7 Å². The van der Waals surface area contributed by atoms with Gasteiger partial charge in [0.2, 0.25) is 0 Å². The molecule has 1 aromatic heterocycles. The standard InChI is InChI=1S/C17H22N4O3/c1-20(17(22)18-8-4-10-21-11-5-9-19-21)12-14-13-23-15-6-2-3-7-16(15)24-14/h2-3,5-7,9,11,14H,4,8,10,12-13H2,1H3,(H,18,22)/t14-/m0/s1. The number of amides is 2. The number of hydrogen-bond donors (Lipinski definition) is 1. The number of nitrogens with one attached hydrogen (secondary N) is 1. The quantitative estimate of drug-likeness (QED) is 0.820. The zero-order valence-electron chi connectivity index (χ0n) is 13.7. The number of aryl methyl sites for hydroxylation is 1. The Morgan fingerprint density at radius 1 is 1.38 bits per heavy atom. The van der Waals surface area contributed by atoms with Gasteiger partial charge >= 0.3 is 6.03 Å². The van der Waals surface area contributed by atoms with Crippen molar-refractivity contribution in [2.45, 2.75) is 19.1 Å². The second-order valence-corrected chi connectivity index (χ2v) is 5.73. The number of aromatic nitrogens is 2. The summed E-state index contributed by atoms with van der Waals surface area (Å²) in [5.41, 5.74) is 0. The molecule has 0 fully saturated rings. The van der Waals surface area contributed by atoms with Crippen molar-refractivity contribution >= 4 is 6.03 Å². The lowest BCUT2D eigenvalue weighted by molar-refractivity contribution is 0.0716. The minimum absolute atomic E-state index is 0.113. The number of fused-ring (bicyclic) bond motifs is 1. The summed E-state index contributed by atoms with van der Waals surface area (Å²) in [5, 5.41) is 7.03. The van der Waals surface area contributed by atoms with Crippen LogP contribution < -0.4 is 14.8 Å². The molecule has 1 aromatic carbocycles. The van der Waals surface area contributed by atoms with Crippen molar-refractivity contribution in [3.63, 3.8) is 0 Å². The van der Waals surface area contributed by atoms with Gasteiger partial charge in [-0.1, -0.05) is 12.1 Å². The topological polar surface area (TPSA) is 68.6 Å². The van der Waals surface area contributed by atoms with Crippen LogP contribution in [0.15, 0.2) is 42.7 Å². The van der Waals surface area contributed by atoms with E-state index in [1.165, 1.54) is 0 Å². The van der Waals surface area contributed by atoms with Crippen LogP contribution in [0.5, 0.6) is 11.5 Å². The van der Waals surface area contributed by atoms with Crippen molar-refractivity contribution in [2.75, 3.05) is 26.7 Å². The molecule has 0 unspecified atom stereocenters. The minimum atomic E-state index is -0.167. The van der Waals surface area contributed by atoms with E-state index in [0.717, 1.165) is 24.5 Å². The van der Waals surface area contributed by atoms with Crippen molar-refractivity contribution in [1.82, 2.24) is 20.0 Å². The van der Waals surface area contributed by atoms with Crippen LogP contribution in [0.4, 0.5) is 4.79 Å². The molecule has 0 spiro atoms. The van der Waals surface area contributed by atoms with Crippen molar-refractivity contribution in [3.8, 4) is 11.5 Å². The van der Waals surface area contributed by atoms with E-state index in [9.17, 15) is 4.79 Å². The molecule has 7 nitrogen and oxygen atoms in total. The molecule has 0 saturated heterocycles. The van der Waals surface area contributed by atoms with Gasteiger partial charge in [0.15, 0.2) is 17.6 Å². The number of para-hydroxylation sites is 2. The molecule has 2 heterocycles. The van der Waals surface area contributed by atoms with Crippen LogP contribution in [0.25, 0.3) is 0 Å². The van der Waals surface area contributed by atoms with E-state index in [4.69, 9.17) is 9.47 Å². The molecule has 24 heavy (non-hydrogen) atoms. The molecular weight excluding hydrogens is 308 g/mol. The zero-order chi connectivity index (χ0) is 16.8. The fourth-order valence-corrected chi connectivity index (χ4v) is 2.55. The third-order valence-corrected chi connectivity index (χ3v) is 3.79. The Hall–Kier alpha value is -2.70. The largest absolute Gasteiger partial charge is 0.486 e. The van der Waals surface area contributed by atoms with Gasteiger partial charge in [-0.05, 0) is 24.6 Å². The van der Waals surface area contributed by atoms with E-state index in [1.807, 2.05) is 41.2 Å². The number of carbonyl (C=O) groups excluding carboxylic acids is 1. The average Bonchev–Trinajstić information content (AvgIpc) is 3.12. The summed E-state index contributed by atoms with van der Waals surface area (Å²) in [4.78, 5) is 13.7. The van der Waals surface area contributed by atoms with E-state index in [-0.39, 0.29) is 12.1 Å². The smallest absolute Gasteiger partial charge is 0.317 e. The van der Waals surface area contributed by atoms with Crippen LogP contribution >= 0.6 is 0 Å². The molecule has 0 bridgehead atoms. The summed E-state index contributed by atoms with van der Waals surface area (Å²) in [6.45, 7) is 2.30. The first-order chi connectivity index (χ1) is 11.7. The lowest BCUT2D eigenvalue weighted by atomic mass is 10.2. The van der Waals surface area contributed by atoms with Crippen LogP contribution in [-0.4, -0.2) is 53.6 Å². The Morgan fingerprint density at radius 3 is 3.00 bits per heavy atom. The molecule has 0 radical (unpaired) electrons. The first-order valence-electron chi connectivity index (χ1n) is 8.07. The Morgan fingerprint density at radius 2 is 2.21 bits per heavy atom. The van der Waals surface area contributed by atoms with Gasteiger partial charge in [0.1, 0.15) is 6.61 Å². The summed E-state index contributed by atoms with van der Waals surface area (Å²) in [7, 11) is 1.76. The Balaban J connectivity index is 1.38. The number of carbonyl (C=O) groups is 1.